The number of nitrogens with zero attached hydrogens (tertiary/aromatic N) is 3. The molecule has 0 atom stereocenters. The van der Waals surface area contributed by atoms with Crippen molar-refractivity contribution in [1.82, 2.24) is 9.80 Å². The molecule has 0 spiro atoms. The van der Waals surface area contributed by atoms with Gasteiger partial charge in [-0.1, -0.05) is 30.3 Å². The lowest BCUT2D eigenvalue weighted by Gasteiger charge is -2.33. The molecule has 0 bridgehead atoms. The number of piperidine rings is 1. The minimum Gasteiger partial charge on any atom is -0.302 e. The molecule has 0 amide bonds. The number of benzene rings is 1. The SMILES string of the molecule is CN(Cc1ccccc1)CC1CCN(CCC#N)CC1. The van der Waals surface area contributed by atoms with Gasteiger partial charge in [0.1, 0.15) is 0 Å². The van der Waals surface area contributed by atoms with Crippen molar-refractivity contribution in [2.45, 2.75) is 25.8 Å². The maximum Gasteiger partial charge on any atom is 0.0635 e. The molecule has 1 aliphatic rings. The highest BCUT2D eigenvalue weighted by Crippen LogP contribution is 2.18. The third-order valence-electron chi connectivity index (χ3n) is 4.11. The van der Waals surface area contributed by atoms with Crippen LogP contribution in [0.25, 0.3) is 0 Å². The molecule has 1 fully saturated rings. The topological polar surface area (TPSA) is 30.3 Å². The minimum atomic E-state index is 0.665. The van der Waals surface area contributed by atoms with Crippen molar-refractivity contribution < 1.29 is 0 Å². The molecule has 2 rings (SSSR count). The predicted octanol–water partition coefficient (Wildman–Crippen LogP) is 2.74. The van der Waals surface area contributed by atoms with Crippen LogP contribution in [-0.4, -0.2) is 43.0 Å². The van der Waals surface area contributed by atoms with Gasteiger partial charge in [-0.2, -0.15) is 5.26 Å². The van der Waals surface area contributed by atoms with Crippen LogP contribution in [0.2, 0.25) is 0 Å². The first-order valence-electron chi connectivity index (χ1n) is 7.59. The van der Waals surface area contributed by atoms with Crippen LogP contribution in [-0.2, 0) is 6.54 Å². The van der Waals surface area contributed by atoms with Crippen LogP contribution in [0, 0.1) is 17.2 Å². The van der Waals surface area contributed by atoms with Crippen molar-refractivity contribution >= 4 is 0 Å². The van der Waals surface area contributed by atoms with Crippen LogP contribution >= 0.6 is 0 Å². The predicted molar refractivity (Wildman–Crippen MR) is 82.2 cm³/mol. The van der Waals surface area contributed by atoms with Crippen molar-refractivity contribution in [3.63, 3.8) is 0 Å². The lowest BCUT2D eigenvalue weighted by atomic mass is 9.96. The lowest BCUT2D eigenvalue weighted by molar-refractivity contribution is 0.154. The van der Waals surface area contributed by atoms with Gasteiger partial charge in [0.05, 0.1) is 6.07 Å². The minimum absolute atomic E-state index is 0.665. The van der Waals surface area contributed by atoms with Crippen LogP contribution in [0.1, 0.15) is 24.8 Å². The first-order chi connectivity index (χ1) is 9.78. The van der Waals surface area contributed by atoms with E-state index in [4.69, 9.17) is 5.26 Å². The van der Waals surface area contributed by atoms with Gasteiger partial charge in [0.15, 0.2) is 0 Å². The summed E-state index contributed by atoms with van der Waals surface area (Å²) in [5.74, 6) is 0.807. The number of hydrogen-bond acceptors (Lipinski definition) is 3. The smallest absolute Gasteiger partial charge is 0.0635 e. The Morgan fingerprint density at radius 1 is 1.25 bits per heavy atom. The Balaban J connectivity index is 1.68. The quantitative estimate of drug-likeness (QED) is 0.797. The summed E-state index contributed by atoms with van der Waals surface area (Å²) in [6.07, 6.45) is 3.20. The fraction of sp³-hybridized carbons (Fsp3) is 0.588. The molecule has 0 saturated carbocycles. The van der Waals surface area contributed by atoms with Crippen LogP contribution in [0.3, 0.4) is 0 Å². The molecule has 1 aromatic rings. The maximum atomic E-state index is 8.62. The van der Waals surface area contributed by atoms with Crippen LogP contribution < -0.4 is 0 Å². The second-order valence-electron chi connectivity index (χ2n) is 5.88. The zero-order chi connectivity index (χ0) is 14.2. The maximum absolute atomic E-state index is 8.62. The number of likely N-dealkylation sites (tertiary alicyclic amines) is 1. The lowest BCUT2D eigenvalue weighted by Crippen LogP contribution is -2.38. The highest BCUT2D eigenvalue weighted by molar-refractivity contribution is 5.14. The summed E-state index contributed by atoms with van der Waals surface area (Å²) >= 11 is 0. The van der Waals surface area contributed by atoms with Crippen molar-refractivity contribution in [2.75, 3.05) is 33.2 Å². The monoisotopic (exact) mass is 271 g/mol. The second kappa shape index (κ2) is 8.04. The Morgan fingerprint density at radius 3 is 2.60 bits per heavy atom. The Labute approximate surface area is 122 Å². The third-order valence-corrected chi connectivity index (χ3v) is 4.11. The highest BCUT2D eigenvalue weighted by atomic mass is 15.1. The number of hydrogen-bond donors (Lipinski definition) is 0. The number of rotatable bonds is 6. The summed E-state index contributed by atoms with van der Waals surface area (Å²) in [5.41, 5.74) is 1.39. The summed E-state index contributed by atoms with van der Waals surface area (Å²) in [6.45, 7) is 5.48. The summed E-state index contributed by atoms with van der Waals surface area (Å²) in [5, 5.41) is 8.62. The average Bonchev–Trinajstić information content (AvgIpc) is 2.47. The summed E-state index contributed by atoms with van der Waals surface area (Å²) < 4.78 is 0. The second-order valence-corrected chi connectivity index (χ2v) is 5.88. The van der Waals surface area contributed by atoms with E-state index in [-0.39, 0.29) is 0 Å². The van der Waals surface area contributed by atoms with Gasteiger partial charge in [0, 0.05) is 26.1 Å². The van der Waals surface area contributed by atoms with Crippen molar-refractivity contribution in [2.24, 2.45) is 5.92 Å². The molecule has 0 aromatic heterocycles. The van der Waals surface area contributed by atoms with E-state index < -0.39 is 0 Å². The molecule has 0 aliphatic carbocycles. The molecule has 0 radical (unpaired) electrons. The molecule has 3 heteroatoms. The van der Waals surface area contributed by atoms with E-state index >= 15 is 0 Å². The zero-order valence-corrected chi connectivity index (χ0v) is 12.5. The molecule has 3 nitrogen and oxygen atoms in total. The standard InChI is InChI=1S/C17H25N3/c1-19(14-16-6-3-2-4-7-16)15-17-8-12-20(13-9-17)11-5-10-18/h2-4,6-7,17H,5,8-9,11-15H2,1H3. The van der Waals surface area contributed by atoms with E-state index in [1.807, 2.05) is 0 Å². The van der Waals surface area contributed by atoms with Crippen molar-refractivity contribution in [1.29, 1.82) is 5.26 Å². The first kappa shape index (κ1) is 15.0. The van der Waals surface area contributed by atoms with Crippen LogP contribution in [0.15, 0.2) is 30.3 Å². The van der Waals surface area contributed by atoms with Gasteiger partial charge < -0.3 is 9.80 Å². The molecule has 1 heterocycles. The molecular formula is C17H25N3. The first-order valence-corrected chi connectivity index (χ1v) is 7.59. The van der Waals surface area contributed by atoms with Gasteiger partial charge in [-0.25, -0.2) is 0 Å². The van der Waals surface area contributed by atoms with E-state index in [1.165, 1.54) is 24.9 Å². The third kappa shape index (κ3) is 4.96. The van der Waals surface area contributed by atoms with Gasteiger partial charge in [-0.3, -0.25) is 0 Å². The fourth-order valence-corrected chi connectivity index (χ4v) is 3.00. The number of nitriles is 1. The fourth-order valence-electron chi connectivity index (χ4n) is 3.00. The van der Waals surface area contributed by atoms with Crippen molar-refractivity contribution in [3.05, 3.63) is 35.9 Å². The Kier molecular flexibility index (Phi) is 6.04. The Morgan fingerprint density at radius 2 is 1.95 bits per heavy atom. The molecular weight excluding hydrogens is 246 g/mol. The molecule has 108 valence electrons. The summed E-state index contributed by atoms with van der Waals surface area (Å²) in [6, 6.07) is 12.9. The van der Waals surface area contributed by atoms with Gasteiger partial charge in [-0.15, -0.1) is 0 Å². The molecule has 0 N–H and O–H groups in total. The summed E-state index contributed by atoms with van der Waals surface area (Å²) in [7, 11) is 2.22. The summed E-state index contributed by atoms with van der Waals surface area (Å²) in [4.78, 5) is 4.86. The van der Waals surface area contributed by atoms with Crippen LogP contribution in [0.4, 0.5) is 0 Å². The van der Waals surface area contributed by atoms with Gasteiger partial charge >= 0.3 is 0 Å². The van der Waals surface area contributed by atoms with E-state index in [2.05, 4.69) is 53.2 Å². The van der Waals surface area contributed by atoms with E-state index in [1.54, 1.807) is 0 Å². The molecule has 1 saturated heterocycles. The van der Waals surface area contributed by atoms with Crippen LogP contribution in [0.5, 0.6) is 0 Å². The zero-order valence-electron chi connectivity index (χ0n) is 12.5. The highest BCUT2D eigenvalue weighted by Gasteiger charge is 2.19. The van der Waals surface area contributed by atoms with Gasteiger partial charge in [-0.05, 0) is 44.5 Å². The van der Waals surface area contributed by atoms with E-state index in [0.717, 1.165) is 32.1 Å². The Bertz CT molecular complexity index is 416. The van der Waals surface area contributed by atoms with E-state index in [0.29, 0.717) is 6.42 Å². The largest absolute Gasteiger partial charge is 0.302 e. The average molecular weight is 271 g/mol. The molecule has 0 unspecified atom stereocenters. The van der Waals surface area contributed by atoms with Gasteiger partial charge in [0.2, 0.25) is 0 Å². The Hall–Kier alpha value is -1.37. The van der Waals surface area contributed by atoms with E-state index in [9.17, 15) is 0 Å². The molecule has 1 aliphatic heterocycles. The normalized spacial score (nSPS) is 17.2. The molecule has 20 heavy (non-hydrogen) atoms. The molecule has 1 aromatic carbocycles. The van der Waals surface area contributed by atoms with Crippen molar-refractivity contribution in [3.8, 4) is 6.07 Å². The van der Waals surface area contributed by atoms with Gasteiger partial charge in [0.25, 0.3) is 0 Å².